The molecule has 11 nitrogen and oxygen atoms in total. The first-order chi connectivity index (χ1) is 16.5. The summed E-state index contributed by atoms with van der Waals surface area (Å²) in [5.74, 6) is 0.423. The van der Waals surface area contributed by atoms with E-state index in [4.69, 9.17) is 28.4 Å². The Morgan fingerprint density at radius 3 is 2.29 bits per heavy atom. The number of aliphatic hydroxyl groups is 4. The lowest BCUT2D eigenvalue weighted by Gasteiger charge is -2.40. The molecule has 0 radical (unpaired) electrons. The second-order valence-electron chi connectivity index (χ2n) is 8.25. The number of hydrogen-bond acceptors (Lipinski definition) is 12. The molecular weight excluding hydrogens is 599 g/mol. The Kier molecular flexibility index (Phi) is 9.90. The number of hydrogen-bond donors (Lipinski definition) is 4. The van der Waals surface area contributed by atoms with E-state index in [2.05, 4.69) is 0 Å². The third-order valence-electron chi connectivity index (χ3n) is 6.03. The minimum Gasteiger partial charge on any atom is -0.492 e. The Balaban J connectivity index is 1.95. The molecule has 2 fully saturated rings. The van der Waals surface area contributed by atoms with Crippen LogP contribution in [0.15, 0.2) is 0 Å². The van der Waals surface area contributed by atoms with Crippen LogP contribution in [-0.2, 0) is 14.2 Å². The van der Waals surface area contributed by atoms with Gasteiger partial charge in [0.2, 0.25) is 17.2 Å². The molecule has 198 valence electrons. The van der Waals surface area contributed by atoms with E-state index >= 15 is 0 Å². The monoisotopic (exact) mass is 630 g/mol. The summed E-state index contributed by atoms with van der Waals surface area (Å²) in [5, 5.41) is 39.8. The van der Waals surface area contributed by atoms with E-state index < -0.39 is 48.3 Å². The van der Waals surface area contributed by atoms with Gasteiger partial charge in [-0.25, -0.2) is 0 Å². The molecule has 2 aliphatic heterocycles. The van der Waals surface area contributed by atoms with E-state index in [1.54, 1.807) is 13.8 Å². The van der Waals surface area contributed by atoms with Gasteiger partial charge in [-0.15, -0.1) is 0 Å². The summed E-state index contributed by atoms with van der Waals surface area (Å²) in [6.07, 6.45) is -7.14. The van der Waals surface area contributed by atoms with E-state index in [-0.39, 0.29) is 41.0 Å². The lowest BCUT2D eigenvalue weighted by Crippen LogP contribution is -2.59. The van der Waals surface area contributed by atoms with E-state index in [0.717, 1.165) is 11.8 Å². The summed E-state index contributed by atoms with van der Waals surface area (Å²) in [7, 11) is 4.15. The van der Waals surface area contributed by atoms with Gasteiger partial charge in [-0.2, -0.15) is 0 Å². The van der Waals surface area contributed by atoms with Crippen molar-refractivity contribution >= 4 is 39.5 Å². The van der Waals surface area contributed by atoms with E-state index in [1.807, 2.05) is 22.6 Å². The highest BCUT2D eigenvalue weighted by molar-refractivity contribution is 14.1. The van der Waals surface area contributed by atoms with Crippen LogP contribution in [0.2, 0.25) is 0 Å². The lowest BCUT2D eigenvalue weighted by molar-refractivity contribution is -0.273. The smallest absolute Gasteiger partial charge is 0.229 e. The molecule has 0 spiro atoms. The molecule has 1 aromatic rings. The van der Waals surface area contributed by atoms with Crippen LogP contribution < -0.4 is 14.2 Å². The predicted octanol–water partition coefficient (Wildman–Crippen LogP) is 0.819. The number of benzene rings is 1. The standard InChI is InChI=1S/C22H31IO11S/c1-8-13(21(28)35-11-7-32-12(25)6-10(11)24)17(29-3)20(31-5)18(14(8)23)34-22-16(27)19(30-4)15(26)9(2)33-22/h9-12,15-16,19,22,24-27H,6-7H2,1-5H3/t9-,10-,11+,12+,15-,16+,19+,22-/m0/s1. The Morgan fingerprint density at radius 1 is 1.06 bits per heavy atom. The summed E-state index contributed by atoms with van der Waals surface area (Å²) in [4.78, 5) is 13.3. The van der Waals surface area contributed by atoms with E-state index in [9.17, 15) is 25.2 Å². The third kappa shape index (κ3) is 5.83. The van der Waals surface area contributed by atoms with Crippen LogP contribution in [0.1, 0.15) is 29.3 Å². The van der Waals surface area contributed by atoms with Crippen molar-refractivity contribution in [3.63, 3.8) is 0 Å². The first-order valence-electron chi connectivity index (χ1n) is 10.9. The first kappa shape index (κ1) is 28.7. The lowest BCUT2D eigenvalue weighted by atomic mass is 9.99. The number of thioether (sulfide) groups is 1. The van der Waals surface area contributed by atoms with Gasteiger partial charge in [-0.1, -0.05) is 11.8 Å². The fourth-order valence-corrected chi connectivity index (χ4v) is 5.73. The van der Waals surface area contributed by atoms with E-state index in [1.165, 1.54) is 21.3 Å². The third-order valence-corrected chi connectivity index (χ3v) is 8.50. The van der Waals surface area contributed by atoms with E-state index in [0.29, 0.717) is 9.13 Å². The number of carbonyl (C=O) groups excluding carboxylic acids is 1. The number of halogens is 1. The molecule has 4 N–H and O–H groups in total. The van der Waals surface area contributed by atoms with Gasteiger partial charge in [0.1, 0.15) is 18.3 Å². The number of rotatable bonds is 7. The minimum atomic E-state index is -1.31. The largest absolute Gasteiger partial charge is 0.492 e. The van der Waals surface area contributed by atoms with Crippen LogP contribution >= 0.6 is 34.4 Å². The maximum atomic E-state index is 13.3. The molecule has 0 bridgehead atoms. The number of aliphatic hydroxyl groups excluding tert-OH is 4. The highest BCUT2D eigenvalue weighted by atomic mass is 127. The van der Waals surface area contributed by atoms with Gasteiger partial charge in [0.15, 0.2) is 17.8 Å². The van der Waals surface area contributed by atoms with Crippen molar-refractivity contribution in [3.8, 4) is 17.2 Å². The molecule has 0 unspecified atom stereocenters. The van der Waals surface area contributed by atoms with Gasteiger partial charge in [-0.05, 0) is 42.0 Å². The Labute approximate surface area is 221 Å². The molecule has 2 saturated heterocycles. The summed E-state index contributed by atoms with van der Waals surface area (Å²) in [6.45, 7) is 3.36. The van der Waals surface area contributed by atoms with Crippen LogP contribution in [0.25, 0.3) is 0 Å². The van der Waals surface area contributed by atoms with Crippen LogP contribution in [0, 0.1) is 10.5 Å². The van der Waals surface area contributed by atoms with Crippen molar-refractivity contribution in [1.29, 1.82) is 0 Å². The molecule has 0 amide bonds. The van der Waals surface area contributed by atoms with Gasteiger partial charge in [0.05, 0.1) is 47.4 Å². The van der Waals surface area contributed by atoms with Crippen molar-refractivity contribution in [1.82, 2.24) is 0 Å². The van der Waals surface area contributed by atoms with Crippen molar-refractivity contribution in [2.24, 2.45) is 0 Å². The molecule has 35 heavy (non-hydrogen) atoms. The predicted molar refractivity (Wildman–Crippen MR) is 133 cm³/mol. The van der Waals surface area contributed by atoms with Gasteiger partial charge in [0, 0.05) is 13.5 Å². The van der Waals surface area contributed by atoms with Gasteiger partial charge in [0.25, 0.3) is 0 Å². The maximum absolute atomic E-state index is 13.3. The summed E-state index contributed by atoms with van der Waals surface area (Å²) < 4.78 is 33.7. The molecule has 3 rings (SSSR count). The zero-order valence-corrected chi connectivity index (χ0v) is 22.9. The van der Waals surface area contributed by atoms with Crippen molar-refractivity contribution in [3.05, 3.63) is 14.7 Å². The van der Waals surface area contributed by atoms with Crippen LogP contribution in [0.5, 0.6) is 17.2 Å². The second kappa shape index (κ2) is 12.1. The average molecular weight is 630 g/mol. The molecule has 0 saturated carbocycles. The topological polar surface area (TPSA) is 153 Å². The number of methoxy groups -OCH3 is 3. The van der Waals surface area contributed by atoms with Gasteiger partial charge >= 0.3 is 0 Å². The summed E-state index contributed by atoms with van der Waals surface area (Å²) in [5.41, 5.74) is 0.761. The molecule has 2 heterocycles. The molecule has 2 aliphatic rings. The molecule has 0 aliphatic carbocycles. The van der Waals surface area contributed by atoms with Crippen LogP contribution in [0.4, 0.5) is 0 Å². The van der Waals surface area contributed by atoms with Crippen LogP contribution in [0.3, 0.4) is 0 Å². The van der Waals surface area contributed by atoms with Gasteiger partial charge < -0.3 is 48.8 Å². The normalized spacial score (nSPS) is 33.3. The fraction of sp³-hybridized carbons (Fsp3) is 0.682. The molecule has 0 aromatic heterocycles. The maximum Gasteiger partial charge on any atom is 0.229 e. The van der Waals surface area contributed by atoms with Crippen molar-refractivity contribution in [2.45, 2.75) is 68.6 Å². The summed E-state index contributed by atoms with van der Waals surface area (Å²) in [6, 6.07) is 0. The molecule has 1 aromatic carbocycles. The highest BCUT2D eigenvalue weighted by Gasteiger charge is 2.45. The first-order valence-corrected chi connectivity index (χ1v) is 12.8. The van der Waals surface area contributed by atoms with Crippen LogP contribution in [-0.4, -0.2) is 102 Å². The Bertz CT molecular complexity index is 916. The second-order valence-corrected chi connectivity index (χ2v) is 10.5. The highest BCUT2D eigenvalue weighted by Crippen LogP contribution is 2.48. The number of ether oxygens (including phenoxy) is 6. The minimum absolute atomic E-state index is 0.00794. The fourth-order valence-electron chi connectivity index (χ4n) is 4.04. The molecule has 8 atom stereocenters. The molecule has 13 heteroatoms. The Hall–Kier alpha value is -0.910. The number of carbonyl (C=O) groups is 1. The SMILES string of the molecule is COc1c(O[C@@H]2O[C@@H](C)[C@H](O)[C@@H](OC)[C@H]2O)c(I)c(C)c(C(=O)S[C@@H]2CO[C@@H](O)C[C@@H]2O)c1OC. The zero-order valence-electron chi connectivity index (χ0n) is 20.0. The zero-order chi connectivity index (χ0) is 26.0. The summed E-state index contributed by atoms with van der Waals surface area (Å²) >= 11 is 2.89. The molecular formula is C22H31IO11S. The Morgan fingerprint density at radius 2 is 1.71 bits per heavy atom. The average Bonchev–Trinajstić information content (AvgIpc) is 2.82. The van der Waals surface area contributed by atoms with Crippen molar-refractivity contribution in [2.75, 3.05) is 27.9 Å². The van der Waals surface area contributed by atoms with Crippen molar-refractivity contribution < 1.29 is 53.6 Å². The quantitative estimate of drug-likeness (QED) is 0.316. The van der Waals surface area contributed by atoms with Gasteiger partial charge in [-0.3, -0.25) is 4.79 Å².